The maximum Gasteiger partial charge on any atom is 0.185 e. The van der Waals surface area contributed by atoms with Gasteiger partial charge in [-0.15, -0.1) is 0 Å². The van der Waals surface area contributed by atoms with Crippen molar-refractivity contribution >= 4 is 0 Å². The predicted octanol–water partition coefficient (Wildman–Crippen LogP) is 1.81. The molecule has 0 amide bonds. The van der Waals surface area contributed by atoms with E-state index in [9.17, 15) is 0 Å². The molecule has 4 rings (SSSR count). The second-order valence-corrected chi connectivity index (χ2v) is 4.39. The van der Waals surface area contributed by atoms with Gasteiger partial charge in [0.1, 0.15) is 24.4 Å². The molecule has 82 valence electrons. The van der Waals surface area contributed by atoms with Gasteiger partial charge in [-0.05, 0) is 0 Å². The van der Waals surface area contributed by atoms with Crippen LogP contribution in [0.1, 0.15) is 11.9 Å². The van der Waals surface area contributed by atoms with E-state index >= 15 is 0 Å². The Hall–Kier alpha value is -1.16. The van der Waals surface area contributed by atoms with Crippen molar-refractivity contribution in [3.05, 3.63) is 48.0 Å². The molecule has 1 aromatic rings. The van der Waals surface area contributed by atoms with E-state index in [-0.39, 0.29) is 30.7 Å². The maximum absolute atomic E-state index is 5.91. The van der Waals surface area contributed by atoms with Crippen LogP contribution in [-0.2, 0) is 14.2 Å². The summed E-state index contributed by atoms with van der Waals surface area (Å²) in [4.78, 5) is 0. The molecule has 3 heteroatoms. The first-order chi connectivity index (χ1) is 7.92. The Bertz CT molecular complexity index is 408. The average molecular weight is 216 g/mol. The van der Waals surface area contributed by atoms with Gasteiger partial charge in [-0.1, -0.05) is 42.5 Å². The van der Waals surface area contributed by atoms with Crippen LogP contribution in [0.5, 0.6) is 0 Å². The van der Waals surface area contributed by atoms with Crippen molar-refractivity contribution in [2.45, 2.75) is 30.7 Å². The van der Waals surface area contributed by atoms with Crippen molar-refractivity contribution in [2.75, 3.05) is 0 Å². The minimum absolute atomic E-state index is 0.0696. The highest BCUT2D eigenvalue weighted by Gasteiger charge is 2.53. The SMILES string of the molecule is C1=C[C@H]2O[C@@H]1[C@H]1OC(c3ccccc3)O[C@H]12. The Morgan fingerprint density at radius 1 is 0.750 bits per heavy atom. The zero-order chi connectivity index (χ0) is 10.5. The van der Waals surface area contributed by atoms with Crippen LogP contribution in [0.3, 0.4) is 0 Å². The Balaban J connectivity index is 1.60. The standard InChI is InChI=1S/C13H12O3/c1-2-4-8(5-3-1)13-15-11-9-6-7-10(14-9)12(11)16-13/h1-7,9-13H/t9-,10+,11+,12-,13?. The minimum Gasteiger partial charge on any atom is -0.361 e. The molecule has 0 N–H and O–H groups in total. The molecule has 3 heterocycles. The third kappa shape index (κ3) is 1.13. The van der Waals surface area contributed by atoms with E-state index in [0.717, 1.165) is 5.56 Å². The van der Waals surface area contributed by atoms with Gasteiger partial charge in [-0.2, -0.15) is 0 Å². The molecule has 2 fully saturated rings. The van der Waals surface area contributed by atoms with E-state index in [4.69, 9.17) is 14.2 Å². The van der Waals surface area contributed by atoms with Crippen LogP contribution in [0.25, 0.3) is 0 Å². The molecular formula is C13H12O3. The lowest BCUT2D eigenvalue weighted by Crippen LogP contribution is -2.30. The fourth-order valence-corrected chi connectivity index (χ4v) is 2.63. The smallest absolute Gasteiger partial charge is 0.185 e. The predicted molar refractivity (Wildman–Crippen MR) is 56.7 cm³/mol. The highest BCUT2D eigenvalue weighted by molar-refractivity contribution is 5.22. The van der Waals surface area contributed by atoms with Crippen LogP contribution in [-0.4, -0.2) is 24.4 Å². The maximum atomic E-state index is 5.91. The number of benzene rings is 1. The molecule has 0 spiro atoms. The summed E-state index contributed by atoms with van der Waals surface area (Å²) in [5.74, 6) is 0. The van der Waals surface area contributed by atoms with Gasteiger partial charge in [-0.25, -0.2) is 0 Å². The fraction of sp³-hybridized carbons (Fsp3) is 0.385. The van der Waals surface area contributed by atoms with E-state index in [0.29, 0.717) is 0 Å². The second kappa shape index (κ2) is 3.17. The molecular weight excluding hydrogens is 204 g/mol. The van der Waals surface area contributed by atoms with Crippen molar-refractivity contribution in [1.82, 2.24) is 0 Å². The largest absolute Gasteiger partial charge is 0.361 e. The van der Waals surface area contributed by atoms with Gasteiger partial charge < -0.3 is 14.2 Å². The van der Waals surface area contributed by atoms with Crippen LogP contribution < -0.4 is 0 Å². The lowest BCUT2D eigenvalue weighted by atomic mass is 10.0. The normalized spacial score (nSPS) is 43.9. The number of rotatable bonds is 1. The molecule has 1 aromatic carbocycles. The van der Waals surface area contributed by atoms with Crippen LogP contribution in [0.2, 0.25) is 0 Å². The highest BCUT2D eigenvalue weighted by atomic mass is 16.8. The topological polar surface area (TPSA) is 27.7 Å². The third-order valence-corrected chi connectivity index (χ3v) is 3.41. The van der Waals surface area contributed by atoms with Crippen LogP contribution >= 0.6 is 0 Å². The van der Waals surface area contributed by atoms with E-state index in [1.54, 1.807) is 0 Å². The van der Waals surface area contributed by atoms with Crippen LogP contribution in [0.15, 0.2) is 42.5 Å². The van der Waals surface area contributed by atoms with Gasteiger partial charge in [-0.3, -0.25) is 0 Å². The molecule has 0 saturated carbocycles. The van der Waals surface area contributed by atoms with Crippen molar-refractivity contribution in [2.24, 2.45) is 0 Å². The summed E-state index contributed by atoms with van der Waals surface area (Å²) in [7, 11) is 0. The van der Waals surface area contributed by atoms with Crippen molar-refractivity contribution in [3.8, 4) is 0 Å². The molecule has 2 saturated heterocycles. The number of fused-ring (bicyclic) bond motifs is 5. The second-order valence-electron chi connectivity index (χ2n) is 4.39. The van der Waals surface area contributed by atoms with Gasteiger partial charge in [0.25, 0.3) is 0 Å². The Morgan fingerprint density at radius 3 is 2.00 bits per heavy atom. The molecule has 1 unspecified atom stereocenters. The Morgan fingerprint density at radius 2 is 1.38 bits per heavy atom. The third-order valence-electron chi connectivity index (χ3n) is 3.41. The molecule has 0 radical (unpaired) electrons. The van der Waals surface area contributed by atoms with E-state index in [1.807, 2.05) is 30.3 Å². The highest BCUT2D eigenvalue weighted by Crippen LogP contribution is 2.43. The van der Waals surface area contributed by atoms with Crippen molar-refractivity contribution < 1.29 is 14.2 Å². The first-order valence-corrected chi connectivity index (χ1v) is 5.61. The molecule has 3 aliphatic heterocycles. The monoisotopic (exact) mass is 216 g/mol. The quantitative estimate of drug-likeness (QED) is 0.670. The van der Waals surface area contributed by atoms with E-state index in [1.165, 1.54) is 0 Å². The van der Waals surface area contributed by atoms with Gasteiger partial charge in [0, 0.05) is 5.56 Å². The summed E-state index contributed by atoms with van der Waals surface area (Å²) < 4.78 is 17.5. The van der Waals surface area contributed by atoms with Gasteiger partial charge in [0.05, 0.1) is 0 Å². The Labute approximate surface area is 93.6 Å². The summed E-state index contributed by atoms with van der Waals surface area (Å²) in [5, 5.41) is 0. The summed E-state index contributed by atoms with van der Waals surface area (Å²) in [6.07, 6.45) is 4.23. The zero-order valence-electron chi connectivity index (χ0n) is 8.65. The number of hydrogen-bond acceptors (Lipinski definition) is 3. The lowest BCUT2D eigenvalue weighted by Gasteiger charge is -2.14. The van der Waals surface area contributed by atoms with Crippen LogP contribution in [0.4, 0.5) is 0 Å². The van der Waals surface area contributed by atoms with E-state index < -0.39 is 0 Å². The van der Waals surface area contributed by atoms with Gasteiger partial charge in [0.2, 0.25) is 0 Å². The molecule has 3 nitrogen and oxygen atoms in total. The summed E-state index contributed by atoms with van der Waals surface area (Å²) in [5.41, 5.74) is 1.08. The molecule has 0 aliphatic carbocycles. The lowest BCUT2D eigenvalue weighted by molar-refractivity contribution is -0.112. The summed E-state index contributed by atoms with van der Waals surface area (Å²) >= 11 is 0. The molecule has 0 aromatic heterocycles. The van der Waals surface area contributed by atoms with Crippen molar-refractivity contribution in [1.29, 1.82) is 0 Å². The first-order valence-electron chi connectivity index (χ1n) is 5.61. The molecule has 2 bridgehead atoms. The van der Waals surface area contributed by atoms with Gasteiger partial charge >= 0.3 is 0 Å². The molecule has 3 aliphatic rings. The zero-order valence-corrected chi connectivity index (χ0v) is 8.65. The van der Waals surface area contributed by atoms with Crippen LogP contribution in [0, 0.1) is 0 Å². The molecule has 16 heavy (non-hydrogen) atoms. The summed E-state index contributed by atoms with van der Waals surface area (Å²) in [6, 6.07) is 10.1. The Kier molecular flexibility index (Phi) is 1.77. The average Bonchev–Trinajstić information content (AvgIpc) is 3.02. The number of ether oxygens (including phenoxy) is 3. The molecule has 5 atom stereocenters. The fourth-order valence-electron chi connectivity index (χ4n) is 2.63. The summed E-state index contributed by atoms with van der Waals surface area (Å²) in [6.45, 7) is 0. The van der Waals surface area contributed by atoms with Gasteiger partial charge in [0.15, 0.2) is 6.29 Å². The minimum atomic E-state index is -0.231. The first kappa shape index (κ1) is 8.93. The van der Waals surface area contributed by atoms with E-state index in [2.05, 4.69) is 12.2 Å². The van der Waals surface area contributed by atoms with Crippen molar-refractivity contribution in [3.63, 3.8) is 0 Å². The number of hydrogen-bond donors (Lipinski definition) is 0.